The molecule has 102 valence electrons. The Morgan fingerprint density at radius 1 is 1.28 bits per heavy atom. The molecule has 1 heterocycles. The SMILES string of the molecule is Cc1ccc(CNCC2CNCC2O)cc1C.Cl. The predicted molar refractivity (Wildman–Crippen MR) is 77.2 cm³/mol. The van der Waals surface area contributed by atoms with Crippen molar-refractivity contribution in [1.82, 2.24) is 10.6 Å². The van der Waals surface area contributed by atoms with Gasteiger partial charge in [0.15, 0.2) is 0 Å². The van der Waals surface area contributed by atoms with E-state index >= 15 is 0 Å². The van der Waals surface area contributed by atoms with Crippen LogP contribution in [0.5, 0.6) is 0 Å². The van der Waals surface area contributed by atoms with Gasteiger partial charge < -0.3 is 15.7 Å². The minimum atomic E-state index is -0.192. The summed E-state index contributed by atoms with van der Waals surface area (Å²) < 4.78 is 0. The van der Waals surface area contributed by atoms with Crippen molar-refractivity contribution in [2.75, 3.05) is 19.6 Å². The van der Waals surface area contributed by atoms with E-state index in [1.54, 1.807) is 0 Å². The fourth-order valence-corrected chi connectivity index (χ4v) is 2.24. The Kier molecular flexibility index (Phi) is 6.09. The highest BCUT2D eigenvalue weighted by Crippen LogP contribution is 2.11. The van der Waals surface area contributed by atoms with E-state index in [0.29, 0.717) is 5.92 Å². The third-order valence-electron chi connectivity index (χ3n) is 3.61. The van der Waals surface area contributed by atoms with Crippen LogP contribution in [-0.4, -0.2) is 30.8 Å². The number of aryl methyl sites for hydroxylation is 2. The van der Waals surface area contributed by atoms with Crippen molar-refractivity contribution in [2.24, 2.45) is 5.92 Å². The molecule has 2 rings (SSSR count). The number of rotatable bonds is 4. The van der Waals surface area contributed by atoms with Gasteiger partial charge in [0.2, 0.25) is 0 Å². The zero-order valence-corrected chi connectivity index (χ0v) is 11.9. The molecule has 0 radical (unpaired) electrons. The fourth-order valence-electron chi connectivity index (χ4n) is 2.24. The van der Waals surface area contributed by atoms with Crippen LogP contribution in [0.25, 0.3) is 0 Å². The highest BCUT2D eigenvalue weighted by Gasteiger charge is 2.23. The van der Waals surface area contributed by atoms with E-state index in [2.05, 4.69) is 42.7 Å². The highest BCUT2D eigenvalue weighted by atomic mass is 35.5. The number of aliphatic hydroxyl groups is 1. The highest BCUT2D eigenvalue weighted by molar-refractivity contribution is 5.85. The summed E-state index contributed by atoms with van der Waals surface area (Å²) in [6.45, 7) is 7.68. The van der Waals surface area contributed by atoms with Crippen LogP contribution in [-0.2, 0) is 6.54 Å². The topological polar surface area (TPSA) is 44.3 Å². The number of nitrogens with one attached hydrogen (secondary N) is 2. The molecule has 1 aromatic carbocycles. The Morgan fingerprint density at radius 3 is 2.67 bits per heavy atom. The monoisotopic (exact) mass is 270 g/mol. The Morgan fingerprint density at radius 2 is 2.06 bits per heavy atom. The molecule has 1 aliphatic rings. The molecule has 0 amide bonds. The average molecular weight is 271 g/mol. The zero-order valence-electron chi connectivity index (χ0n) is 11.1. The Hall–Kier alpha value is -0.610. The number of hydrogen-bond donors (Lipinski definition) is 3. The second-order valence-corrected chi connectivity index (χ2v) is 5.04. The van der Waals surface area contributed by atoms with Gasteiger partial charge in [-0.05, 0) is 30.5 Å². The summed E-state index contributed by atoms with van der Waals surface area (Å²) in [7, 11) is 0. The first-order chi connectivity index (χ1) is 8.16. The molecule has 2 unspecified atom stereocenters. The Labute approximate surface area is 115 Å². The van der Waals surface area contributed by atoms with Gasteiger partial charge in [-0.15, -0.1) is 12.4 Å². The molecular weight excluding hydrogens is 248 g/mol. The molecule has 0 bridgehead atoms. The molecule has 0 aliphatic carbocycles. The standard InChI is InChI=1S/C14H22N2O.ClH/c1-10-3-4-12(5-11(10)2)6-15-7-13-8-16-9-14(13)17;/h3-5,13-17H,6-9H2,1-2H3;1H. The van der Waals surface area contributed by atoms with E-state index < -0.39 is 0 Å². The van der Waals surface area contributed by atoms with Gasteiger partial charge in [0.1, 0.15) is 0 Å². The lowest BCUT2D eigenvalue weighted by atomic mass is 10.1. The van der Waals surface area contributed by atoms with E-state index in [1.165, 1.54) is 16.7 Å². The maximum absolute atomic E-state index is 9.66. The summed E-state index contributed by atoms with van der Waals surface area (Å²) >= 11 is 0. The van der Waals surface area contributed by atoms with Gasteiger partial charge in [-0.25, -0.2) is 0 Å². The van der Waals surface area contributed by atoms with E-state index in [9.17, 15) is 5.11 Å². The van der Waals surface area contributed by atoms with E-state index in [4.69, 9.17) is 0 Å². The third kappa shape index (κ3) is 3.95. The maximum atomic E-state index is 9.66. The first kappa shape index (κ1) is 15.4. The molecule has 18 heavy (non-hydrogen) atoms. The molecule has 1 aliphatic heterocycles. The van der Waals surface area contributed by atoms with Crippen LogP contribution >= 0.6 is 12.4 Å². The summed E-state index contributed by atoms with van der Waals surface area (Å²) in [6, 6.07) is 6.56. The zero-order chi connectivity index (χ0) is 12.3. The maximum Gasteiger partial charge on any atom is 0.0716 e. The van der Waals surface area contributed by atoms with Gasteiger partial charge >= 0.3 is 0 Å². The van der Waals surface area contributed by atoms with Crippen LogP contribution < -0.4 is 10.6 Å². The van der Waals surface area contributed by atoms with E-state index in [0.717, 1.165) is 26.2 Å². The normalized spacial score (nSPS) is 22.8. The van der Waals surface area contributed by atoms with Crippen LogP contribution in [0.4, 0.5) is 0 Å². The molecule has 3 nitrogen and oxygen atoms in total. The second-order valence-electron chi connectivity index (χ2n) is 5.04. The van der Waals surface area contributed by atoms with Crippen molar-refractivity contribution in [3.8, 4) is 0 Å². The molecule has 0 aromatic heterocycles. The van der Waals surface area contributed by atoms with Crippen molar-refractivity contribution in [3.05, 3.63) is 34.9 Å². The van der Waals surface area contributed by atoms with Crippen molar-refractivity contribution in [1.29, 1.82) is 0 Å². The largest absolute Gasteiger partial charge is 0.391 e. The third-order valence-corrected chi connectivity index (χ3v) is 3.61. The van der Waals surface area contributed by atoms with Gasteiger partial charge in [0, 0.05) is 32.1 Å². The quantitative estimate of drug-likeness (QED) is 0.775. The summed E-state index contributed by atoms with van der Waals surface area (Å²) in [4.78, 5) is 0. The van der Waals surface area contributed by atoms with Crippen molar-refractivity contribution >= 4 is 12.4 Å². The summed E-state index contributed by atoms with van der Waals surface area (Å²) in [6.07, 6.45) is -0.192. The van der Waals surface area contributed by atoms with Crippen LogP contribution in [0.15, 0.2) is 18.2 Å². The number of benzene rings is 1. The smallest absolute Gasteiger partial charge is 0.0716 e. The average Bonchev–Trinajstić information content (AvgIpc) is 2.70. The number of β-amino-alcohol motifs (C(OH)–C–C–N with tert-alkyl or cyclic N) is 1. The van der Waals surface area contributed by atoms with Crippen molar-refractivity contribution in [2.45, 2.75) is 26.5 Å². The molecule has 4 heteroatoms. The summed E-state index contributed by atoms with van der Waals surface area (Å²) in [5.41, 5.74) is 3.99. The lowest BCUT2D eigenvalue weighted by Crippen LogP contribution is -2.30. The molecule has 1 fully saturated rings. The molecular formula is C14H23ClN2O. The Bertz CT molecular complexity index is 384. The van der Waals surface area contributed by atoms with Crippen molar-refractivity contribution in [3.63, 3.8) is 0 Å². The molecule has 0 saturated carbocycles. The van der Waals surface area contributed by atoms with Crippen molar-refractivity contribution < 1.29 is 5.11 Å². The first-order valence-corrected chi connectivity index (χ1v) is 6.32. The lowest BCUT2D eigenvalue weighted by Gasteiger charge is -2.14. The Balaban J connectivity index is 0.00000162. The summed E-state index contributed by atoms with van der Waals surface area (Å²) in [5.74, 6) is 0.349. The van der Waals surface area contributed by atoms with Crippen LogP contribution in [0.2, 0.25) is 0 Å². The van der Waals surface area contributed by atoms with E-state index in [-0.39, 0.29) is 18.5 Å². The minimum absolute atomic E-state index is 0. The number of hydrogen-bond acceptors (Lipinski definition) is 3. The van der Waals surface area contributed by atoms with Gasteiger partial charge in [-0.1, -0.05) is 18.2 Å². The van der Waals surface area contributed by atoms with E-state index in [1.807, 2.05) is 0 Å². The van der Waals surface area contributed by atoms with Gasteiger partial charge in [0.05, 0.1) is 6.10 Å². The summed E-state index contributed by atoms with van der Waals surface area (Å²) in [5, 5.41) is 16.3. The molecule has 2 atom stereocenters. The molecule has 0 spiro atoms. The van der Waals surface area contributed by atoms with Gasteiger partial charge in [0.25, 0.3) is 0 Å². The molecule has 1 aromatic rings. The number of aliphatic hydroxyl groups excluding tert-OH is 1. The number of halogens is 1. The first-order valence-electron chi connectivity index (χ1n) is 6.32. The van der Waals surface area contributed by atoms with Gasteiger partial charge in [-0.2, -0.15) is 0 Å². The molecule has 1 saturated heterocycles. The van der Waals surface area contributed by atoms with Crippen LogP contribution in [0.1, 0.15) is 16.7 Å². The van der Waals surface area contributed by atoms with Crippen LogP contribution in [0.3, 0.4) is 0 Å². The van der Waals surface area contributed by atoms with Gasteiger partial charge in [-0.3, -0.25) is 0 Å². The minimum Gasteiger partial charge on any atom is -0.391 e. The lowest BCUT2D eigenvalue weighted by molar-refractivity contribution is 0.146. The fraction of sp³-hybridized carbons (Fsp3) is 0.571. The molecule has 3 N–H and O–H groups in total. The van der Waals surface area contributed by atoms with Crippen LogP contribution in [0, 0.1) is 19.8 Å². The predicted octanol–water partition coefficient (Wildman–Crippen LogP) is 1.40. The second kappa shape index (κ2) is 7.10.